The fourth-order valence-electron chi connectivity index (χ4n) is 2.94. The van der Waals surface area contributed by atoms with Crippen molar-refractivity contribution in [3.05, 3.63) is 83.2 Å². The van der Waals surface area contributed by atoms with E-state index < -0.39 is 5.97 Å². The summed E-state index contributed by atoms with van der Waals surface area (Å²) < 4.78 is 5.03. The van der Waals surface area contributed by atoms with Crippen LogP contribution in [-0.2, 0) is 4.74 Å². The number of carbonyl (C=O) groups excluding carboxylic acids is 2. The van der Waals surface area contributed by atoms with E-state index >= 15 is 0 Å². The van der Waals surface area contributed by atoms with Gasteiger partial charge in [-0.25, -0.2) is 4.79 Å². The summed E-state index contributed by atoms with van der Waals surface area (Å²) >= 11 is 0. The highest BCUT2D eigenvalue weighted by Crippen LogP contribution is 2.21. The molecule has 2 aromatic carbocycles. The van der Waals surface area contributed by atoms with Gasteiger partial charge in [-0.2, -0.15) is 0 Å². The lowest BCUT2D eigenvalue weighted by Crippen LogP contribution is -2.30. The van der Waals surface area contributed by atoms with Crippen LogP contribution in [0.3, 0.4) is 0 Å². The molecule has 29 heavy (non-hydrogen) atoms. The zero-order valence-corrected chi connectivity index (χ0v) is 16.7. The maximum atomic E-state index is 12.6. The zero-order chi connectivity index (χ0) is 20.8. The normalized spacial score (nSPS) is 10.3. The van der Waals surface area contributed by atoms with Crippen molar-refractivity contribution in [1.82, 2.24) is 10.4 Å². The molecule has 1 heterocycles. The number of hydrogen-bond donors (Lipinski definition) is 2. The zero-order valence-electron chi connectivity index (χ0n) is 16.7. The molecule has 3 rings (SSSR count). The summed E-state index contributed by atoms with van der Waals surface area (Å²) in [7, 11) is 0. The first kappa shape index (κ1) is 20.1. The van der Waals surface area contributed by atoms with Gasteiger partial charge in [0.25, 0.3) is 5.91 Å². The van der Waals surface area contributed by atoms with E-state index in [4.69, 9.17) is 4.74 Å². The maximum Gasteiger partial charge on any atom is 0.339 e. The minimum absolute atomic E-state index is 0.258. The molecule has 0 aliphatic carbocycles. The number of aryl methyl sites for hydroxylation is 2. The van der Waals surface area contributed by atoms with E-state index in [2.05, 4.69) is 15.8 Å². The molecule has 1 aromatic heterocycles. The van der Waals surface area contributed by atoms with Gasteiger partial charge >= 0.3 is 5.97 Å². The third-order valence-electron chi connectivity index (χ3n) is 4.46. The molecule has 0 aliphatic heterocycles. The van der Waals surface area contributed by atoms with Gasteiger partial charge in [-0.1, -0.05) is 42.5 Å². The average molecular weight is 389 g/mol. The monoisotopic (exact) mass is 389 g/mol. The number of esters is 1. The van der Waals surface area contributed by atoms with Crippen molar-refractivity contribution in [2.45, 2.75) is 20.8 Å². The smallest absolute Gasteiger partial charge is 0.339 e. The topological polar surface area (TPSA) is 80.3 Å². The van der Waals surface area contributed by atoms with E-state index in [1.807, 2.05) is 54.6 Å². The number of anilines is 1. The fraction of sp³-hybridized carbons (Fsp3) is 0.174. The SMILES string of the molecule is CCOC(=O)c1cc(C(=O)NNc2ccc(-c3ccccc3)cc2)c(C)nc1C. The predicted molar refractivity (Wildman–Crippen MR) is 113 cm³/mol. The lowest BCUT2D eigenvalue weighted by atomic mass is 10.1. The van der Waals surface area contributed by atoms with Crippen LogP contribution in [0.1, 0.15) is 39.0 Å². The molecular formula is C23H23N3O3. The Bertz CT molecular complexity index is 1020. The fourth-order valence-corrected chi connectivity index (χ4v) is 2.94. The summed E-state index contributed by atoms with van der Waals surface area (Å²) in [5.41, 5.74) is 10.2. The second-order valence-electron chi connectivity index (χ2n) is 6.50. The van der Waals surface area contributed by atoms with Gasteiger partial charge in [-0.15, -0.1) is 0 Å². The van der Waals surface area contributed by atoms with E-state index in [9.17, 15) is 9.59 Å². The molecule has 3 aromatic rings. The van der Waals surface area contributed by atoms with Crippen LogP contribution in [0, 0.1) is 13.8 Å². The van der Waals surface area contributed by atoms with Crippen LogP contribution in [0.2, 0.25) is 0 Å². The van der Waals surface area contributed by atoms with Gasteiger partial charge in [0.15, 0.2) is 0 Å². The van der Waals surface area contributed by atoms with Crippen LogP contribution in [0.4, 0.5) is 5.69 Å². The average Bonchev–Trinajstić information content (AvgIpc) is 2.73. The van der Waals surface area contributed by atoms with Gasteiger partial charge in [0, 0.05) is 0 Å². The Balaban J connectivity index is 1.71. The molecule has 0 saturated heterocycles. The van der Waals surface area contributed by atoms with Gasteiger partial charge < -0.3 is 4.74 Å². The number of aromatic nitrogens is 1. The Labute approximate surface area is 169 Å². The number of nitrogens with one attached hydrogen (secondary N) is 2. The minimum Gasteiger partial charge on any atom is -0.462 e. The molecule has 0 aliphatic rings. The van der Waals surface area contributed by atoms with Crippen molar-refractivity contribution in [2.75, 3.05) is 12.0 Å². The Kier molecular flexibility index (Phi) is 6.24. The second kappa shape index (κ2) is 9.01. The standard InChI is InChI=1S/C23H23N3O3/c1-4-29-23(28)21-14-20(15(2)24-16(21)3)22(27)26-25-19-12-10-18(11-13-19)17-8-6-5-7-9-17/h5-14,25H,4H2,1-3H3,(H,26,27). The van der Waals surface area contributed by atoms with E-state index in [1.54, 1.807) is 20.8 Å². The maximum absolute atomic E-state index is 12.6. The summed E-state index contributed by atoms with van der Waals surface area (Å²) in [4.78, 5) is 29.0. The highest BCUT2D eigenvalue weighted by Gasteiger charge is 2.18. The van der Waals surface area contributed by atoms with E-state index in [1.165, 1.54) is 6.07 Å². The summed E-state index contributed by atoms with van der Waals surface area (Å²) in [5.74, 6) is -0.872. The Morgan fingerprint density at radius 3 is 2.17 bits per heavy atom. The first-order valence-electron chi connectivity index (χ1n) is 9.36. The summed E-state index contributed by atoms with van der Waals surface area (Å²) in [5, 5.41) is 0. The van der Waals surface area contributed by atoms with Crippen LogP contribution in [0.25, 0.3) is 11.1 Å². The van der Waals surface area contributed by atoms with Gasteiger partial charge in [0.1, 0.15) is 0 Å². The number of pyridine rings is 1. The van der Waals surface area contributed by atoms with Gasteiger partial charge in [-0.3, -0.25) is 20.6 Å². The van der Waals surface area contributed by atoms with Crippen molar-refractivity contribution in [1.29, 1.82) is 0 Å². The molecule has 0 fully saturated rings. The highest BCUT2D eigenvalue weighted by molar-refractivity contribution is 5.99. The molecule has 148 valence electrons. The number of hydrogen-bond acceptors (Lipinski definition) is 5. The number of amides is 1. The molecule has 0 unspecified atom stereocenters. The summed E-state index contributed by atoms with van der Waals surface area (Å²) in [6, 6.07) is 19.3. The number of carbonyl (C=O) groups is 2. The molecule has 6 heteroatoms. The third-order valence-corrected chi connectivity index (χ3v) is 4.46. The summed E-state index contributed by atoms with van der Waals surface area (Å²) in [6.07, 6.45) is 0. The van der Waals surface area contributed by atoms with Crippen LogP contribution in [-0.4, -0.2) is 23.5 Å². The molecule has 1 amide bonds. The van der Waals surface area contributed by atoms with Crippen LogP contribution >= 0.6 is 0 Å². The molecule has 2 N–H and O–H groups in total. The number of ether oxygens (including phenoxy) is 1. The number of hydrazine groups is 1. The Morgan fingerprint density at radius 2 is 1.52 bits per heavy atom. The predicted octanol–water partition coefficient (Wildman–Crippen LogP) is 4.30. The minimum atomic E-state index is -0.490. The molecular weight excluding hydrogens is 366 g/mol. The number of nitrogens with zero attached hydrogens (tertiary/aromatic N) is 1. The van der Waals surface area contributed by atoms with Gasteiger partial charge in [0.2, 0.25) is 0 Å². The number of rotatable bonds is 6. The lowest BCUT2D eigenvalue weighted by molar-refractivity contribution is 0.0525. The first-order chi connectivity index (χ1) is 14.0. The lowest BCUT2D eigenvalue weighted by Gasteiger charge is -2.13. The molecule has 6 nitrogen and oxygen atoms in total. The van der Waals surface area contributed by atoms with Gasteiger partial charge in [-0.05, 0) is 50.1 Å². The third kappa shape index (κ3) is 4.79. The summed E-state index contributed by atoms with van der Waals surface area (Å²) in [6.45, 7) is 5.43. The quantitative estimate of drug-likeness (QED) is 0.485. The van der Waals surface area contributed by atoms with Crippen molar-refractivity contribution in [3.8, 4) is 11.1 Å². The van der Waals surface area contributed by atoms with Crippen molar-refractivity contribution >= 4 is 17.6 Å². The molecule has 0 atom stereocenters. The van der Waals surface area contributed by atoms with E-state index in [0.717, 1.165) is 16.8 Å². The van der Waals surface area contributed by atoms with Crippen molar-refractivity contribution < 1.29 is 14.3 Å². The van der Waals surface area contributed by atoms with Gasteiger partial charge in [0.05, 0.1) is 34.8 Å². The van der Waals surface area contributed by atoms with E-state index in [-0.39, 0.29) is 18.1 Å². The Morgan fingerprint density at radius 1 is 0.897 bits per heavy atom. The Hall–Kier alpha value is -3.67. The molecule has 0 radical (unpaired) electrons. The second-order valence-corrected chi connectivity index (χ2v) is 6.50. The van der Waals surface area contributed by atoms with Crippen LogP contribution < -0.4 is 10.9 Å². The van der Waals surface area contributed by atoms with Crippen molar-refractivity contribution in [2.24, 2.45) is 0 Å². The van der Waals surface area contributed by atoms with Crippen molar-refractivity contribution in [3.63, 3.8) is 0 Å². The first-order valence-corrected chi connectivity index (χ1v) is 9.36. The molecule has 0 bridgehead atoms. The largest absolute Gasteiger partial charge is 0.462 e. The van der Waals surface area contributed by atoms with Crippen LogP contribution in [0.5, 0.6) is 0 Å². The molecule has 0 spiro atoms. The highest BCUT2D eigenvalue weighted by atomic mass is 16.5. The molecule has 0 saturated carbocycles. The number of benzene rings is 2. The van der Waals surface area contributed by atoms with Crippen LogP contribution in [0.15, 0.2) is 60.7 Å². The van der Waals surface area contributed by atoms with E-state index in [0.29, 0.717) is 17.0 Å².